The van der Waals surface area contributed by atoms with Gasteiger partial charge in [0.15, 0.2) is 17.3 Å². The number of para-hydroxylation sites is 1. The SMILES string of the molecule is CC#CCn1c(N2CCC[C@@H](N)C2)nc2c1c(=O)n(Cc1nc(C)c3ccccc3n1)c(=O)n2C.O=C(O)CC(O)C(=O)O. The quantitative estimate of drug-likeness (QED) is 0.206. The van der Waals surface area contributed by atoms with Crippen LogP contribution < -0.4 is 21.9 Å². The van der Waals surface area contributed by atoms with Gasteiger partial charge in [-0.2, -0.15) is 4.98 Å². The summed E-state index contributed by atoms with van der Waals surface area (Å²) in [5.74, 6) is 4.11. The number of rotatable bonds is 7. The number of aliphatic hydroxyl groups is 1. The number of hydrogen-bond donors (Lipinski definition) is 4. The van der Waals surface area contributed by atoms with Gasteiger partial charge in [-0.3, -0.25) is 23.3 Å². The fraction of sp³-hybridized carbons (Fsp3) is 0.414. The number of aryl methyl sites for hydroxylation is 2. The highest BCUT2D eigenvalue weighted by Gasteiger charge is 2.26. The normalized spacial score (nSPS) is 15.3. The summed E-state index contributed by atoms with van der Waals surface area (Å²) in [6.45, 7) is 5.31. The molecule has 0 amide bonds. The fourth-order valence-corrected chi connectivity index (χ4v) is 5.00. The molecule has 4 heterocycles. The number of aromatic nitrogens is 6. The molecule has 0 aliphatic carbocycles. The Morgan fingerprint density at radius 1 is 1.14 bits per heavy atom. The monoisotopic (exact) mass is 606 g/mol. The van der Waals surface area contributed by atoms with Gasteiger partial charge >= 0.3 is 17.6 Å². The number of fused-ring (bicyclic) bond motifs is 2. The molecular weight excluding hydrogens is 572 g/mol. The van der Waals surface area contributed by atoms with Gasteiger partial charge in [-0.25, -0.2) is 19.6 Å². The van der Waals surface area contributed by atoms with Crippen LogP contribution in [0.25, 0.3) is 22.1 Å². The van der Waals surface area contributed by atoms with Crippen molar-refractivity contribution in [2.24, 2.45) is 12.8 Å². The van der Waals surface area contributed by atoms with Gasteiger partial charge in [-0.05, 0) is 32.8 Å². The zero-order valence-electron chi connectivity index (χ0n) is 24.6. The van der Waals surface area contributed by atoms with Gasteiger partial charge in [0.25, 0.3) is 5.56 Å². The van der Waals surface area contributed by atoms with Crippen molar-refractivity contribution in [3.63, 3.8) is 0 Å². The lowest BCUT2D eigenvalue weighted by Crippen LogP contribution is -2.44. The van der Waals surface area contributed by atoms with Gasteiger partial charge in [0.05, 0.1) is 25.0 Å². The third-order valence-corrected chi connectivity index (χ3v) is 7.16. The molecule has 15 nitrogen and oxygen atoms in total. The Kier molecular flexibility index (Phi) is 9.77. The highest BCUT2D eigenvalue weighted by atomic mass is 16.4. The molecule has 1 aliphatic rings. The van der Waals surface area contributed by atoms with Gasteiger partial charge in [-0.15, -0.1) is 5.92 Å². The van der Waals surface area contributed by atoms with Gasteiger partial charge < -0.3 is 26.0 Å². The fourth-order valence-electron chi connectivity index (χ4n) is 5.00. The minimum atomic E-state index is -1.79. The number of nitrogens with two attached hydrogens (primary N) is 1. The number of hydrogen-bond acceptors (Lipinski definition) is 10. The number of anilines is 1. The molecule has 2 atom stereocenters. The van der Waals surface area contributed by atoms with Crippen LogP contribution in [-0.4, -0.2) is 81.1 Å². The first-order chi connectivity index (χ1) is 20.9. The average molecular weight is 607 g/mol. The molecule has 1 aliphatic heterocycles. The number of imidazole rings is 1. The first-order valence-electron chi connectivity index (χ1n) is 13.9. The number of piperidine rings is 1. The van der Waals surface area contributed by atoms with Crippen LogP contribution in [0.15, 0.2) is 33.9 Å². The van der Waals surface area contributed by atoms with Crippen molar-refractivity contribution in [2.45, 2.75) is 58.3 Å². The van der Waals surface area contributed by atoms with E-state index in [1.165, 1.54) is 9.13 Å². The molecule has 0 spiro atoms. The highest BCUT2D eigenvalue weighted by Crippen LogP contribution is 2.23. The number of carbonyl (C=O) groups is 2. The number of carboxylic acid groups (broad SMARTS) is 2. The third-order valence-electron chi connectivity index (χ3n) is 7.16. The summed E-state index contributed by atoms with van der Waals surface area (Å²) < 4.78 is 4.39. The van der Waals surface area contributed by atoms with Gasteiger partial charge in [0.2, 0.25) is 5.95 Å². The second-order valence-electron chi connectivity index (χ2n) is 10.4. The van der Waals surface area contributed by atoms with Crippen molar-refractivity contribution in [1.29, 1.82) is 0 Å². The Hall–Kier alpha value is -5.07. The first kappa shape index (κ1) is 31.9. The molecule has 5 rings (SSSR count). The molecule has 0 saturated carbocycles. The summed E-state index contributed by atoms with van der Waals surface area (Å²) in [7, 11) is 1.63. The molecule has 15 heteroatoms. The Labute approximate surface area is 251 Å². The second kappa shape index (κ2) is 13.5. The van der Waals surface area contributed by atoms with Crippen LogP contribution in [0.2, 0.25) is 0 Å². The number of nitrogens with zero attached hydrogens (tertiary/aromatic N) is 7. The summed E-state index contributed by atoms with van der Waals surface area (Å²) in [4.78, 5) is 62.4. The van der Waals surface area contributed by atoms with E-state index in [9.17, 15) is 19.2 Å². The van der Waals surface area contributed by atoms with E-state index in [1.807, 2.05) is 31.2 Å². The van der Waals surface area contributed by atoms with Crippen molar-refractivity contribution >= 4 is 40.0 Å². The number of aliphatic hydroxyl groups excluding tert-OH is 1. The van der Waals surface area contributed by atoms with Crippen molar-refractivity contribution < 1.29 is 24.9 Å². The lowest BCUT2D eigenvalue weighted by Gasteiger charge is -2.31. The van der Waals surface area contributed by atoms with Crippen LogP contribution in [0.3, 0.4) is 0 Å². The zero-order valence-corrected chi connectivity index (χ0v) is 24.6. The van der Waals surface area contributed by atoms with Gasteiger partial charge in [0.1, 0.15) is 5.82 Å². The predicted molar refractivity (Wildman–Crippen MR) is 161 cm³/mol. The van der Waals surface area contributed by atoms with E-state index < -0.39 is 35.7 Å². The number of benzene rings is 1. The summed E-state index contributed by atoms with van der Waals surface area (Å²) in [6.07, 6.45) is -0.661. The smallest absolute Gasteiger partial charge is 0.333 e. The maximum absolute atomic E-state index is 13.7. The summed E-state index contributed by atoms with van der Waals surface area (Å²) in [6, 6.07) is 7.71. The van der Waals surface area contributed by atoms with Crippen molar-refractivity contribution in [2.75, 3.05) is 18.0 Å². The average Bonchev–Trinajstić information content (AvgIpc) is 3.37. The molecule has 1 saturated heterocycles. The molecule has 3 aromatic heterocycles. The predicted octanol–water partition coefficient (Wildman–Crippen LogP) is 0.0540. The van der Waals surface area contributed by atoms with E-state index in [2.05, 4.69) is 26.7 Å². The van der Waals surface area contributed by atoms with Crippen LogP contribution in [0.5, 0.6) is 0 Å². The summed E-state index contributed by atoms with van der Waals surface area (Å²) in [5.41, 5.74) is 7.54. The molecule has 0 bridgehead atoms. The molecule has 232 valence electrons. The Morgan fingerprint density at radius 2 is 1.86 bits per heavy atom. The molecule has 4 aromatic rings. The molecular formula is C29H34N8O7. The topological polar surface area (TPSA) is 212 Å². The van der Waals surface area contributed by atoms with Crippen LogP contribution >= 0.6 is 0 Å². The summed E-state index contributed by atoms with van der Waals surface area (Å²) in [5, 5.41) is 25.1. The zero-order chi connectivity index (χ0) is 32.1. The first-order valence-corrected chi connectivity index (χ1v) is 13.9. The lowest BCUT2D eigenvalue weighted by atomic mass is 10.1. The number of carboxylic acids is 2. The standard InChI is InChI=1S/C25H28N8O2.C4H6O5/c1-4-5-13-32-21-22(29-24(32)31-12-8-9-17(26)14-31)30(3)25(35)33(23(21)34)15-20-27-16(2)18-10-6-7-11-19(18)28-20;5-2(4(8)9)1-3(6)7/h6-7,10-11,17H,8-9,12-15,26H2,1-3H3;2,5H,1H2,(H,6,7)(H,8,9)/t17-;/m1./s1. The minimum Gasteiger partial charge on any atom is -0.481 e. The van der Waals surface area contributed by atoms with Crippen molar-refractivity contribution in [3.8, 4) is 11.8 Å². The Balaban J connectivity index is 0.000000429. The second-order valence-corrected chi connectivity index (χ2v) is 10.4. The van der Waals surface area contributed by atoms with Gasteiger partial charge in [0, 0.05) is 37.3 Å². The number of aliphatic carboxylic acids is 2. The molecule has 1 fully saturated rings. The Morgan fingerprint density at radius 3 is 2.50 bits per heavy atom. The molecule has 1 aromatic carbocycles. The van der Waals surface area contributed by atoms with E-state index in [4.69, 9.17) is 26.0 Å². The van der Waals surface area contributed by atoms with Gasteiger partial charge in [-0.1, -0.05) is 24.1 Å². The highest BCUT2D eigenvalue weighted by molar-refractivity contribution is 5.80. The van der Waals surface area contributed by atoms with E-state index in [1.54, 1.807) is 18.5 Å². The Bertz CT molecular complexity index is 1900. The van der Waals surface area contributed by atoms with Crippen LogP contribution in [-0.2, 0) is 29.7 Å². The molecule has 1 unspecified atom stereocenters. The minimum absolute atomic E-state index is 0.0306. The van der Waals surface area contributed by atoms with Crippen molar-refractivity contribution in [3.05, 3.63) is 56.6 Å². The molecule has 0 radical (unpaired) electrons. The van der Waals surface area contributed by atoms with E-state index in [-0.39, 0.29) is 19.1 Å². The largest absolute Gasteiger partial charge is 0.481 e. The molecule has 44 heavy (non-hydrogen) atoms. The molecule has 5 N–H and O–H groups in total. The van der Waals surface area contributed by atoms with Crippen LogP contribution in [0.4, 0.5) is 5.95 Å². The summed E-state index contributed by atoms with van der Waals surface area (Å²) >= 11 is 0. The lowest BCUT2D eigenvalue weighted by molar-refractivity contribution is -0.152. The third kappa shape index (κ3) is 6.77. The van der Waals surface area contributed by atoms with E-state index in [0.717, 1.165) is 36.0 Å². The maximum atomic E-state index is 13.7. The van der Waals surface area contributed by atoms with Crippen molar-refractivity contribution in [1.82, 2.24) is 28.7 Å². The van der Waals surface area contributed by atoms with E-state index in [0.29, 0.717) is 29.5 Å². The van der Waals surface area contributed by atoms with Crippen LogP contribution in [0, 0.1) is 18.8 Å². The van der Waals surface area contributed by atoms with E-state index >= 15 is 0 Å². The maximum Gasteiger partial charge on any atom is 0.333 e. The van der Waals surface area contributed by atoms with Crippen LogP contribution in [0.1, 0.15) is 37.7 Å².